The largest absolute Gasteiger partial charge is 0.378 e. The standard InChI is InChI=1S/C13H15NO3/c1-10-2-4-11(5-3-10)12(15)13(16)14-6-8-17-9-7-14/h2-5H,6-9H2,1H3. The summed E-state index contributed by atoms with van der Waals surface area (Å²) < 4.78 is 5.15. The average molecular weight is 233 g/mol. The van der Waals surface area contributed by atoms with E-state index in [1.807, 2.05) is 19.1 Å². The first-order valence-electron chi connectivity index (χ1n) is 5.66. The maximum absolute atomic E-state index is 11.9. The van der Waals surface area contributed by atoms with E-state index in [9.17, 15) is 9.59 Å². The van der Waals surface area contributed by atoms with Crippen LogP contribution in [0.3, 0.4) is 0 Å². The molecular formula is C13H15NO3. The Kier molecular flexibility index (Phi) is 3.54. The number of morpholine rings is 1. The van der Waals surface area contributed by atoms with Gasteiger partial charge in [0.2, 0.25) is 5.78 Å². The van der Waals surface area contributed by atoms with Crippen LogP contribution in [0.15, 0.2) is 24.3 Å². The summed E-state index contributed by atoms with van der Waals surface area (Å²) in [5.41, 5.74) is 1.52. The van der Waals surface area contributed by atoms with Gasteiger partial charge in [-0.15, -0.1) is 0 Å². The minimum absolute atomic E-state index is 0.433. The van der Waals surface area contributed by atoms with Gasteiger partial charge in [-0.1, -0.05) is 29.8 Å². The first kappa shape index (κ1) is 11.8. The van der Waals surface area contributed by atoms with Gasteiger partial charge in [-0.25, -0.2) is 0 Å². The summed E-state index contributed by atoms with van der Waals surface area (Å²) in [6, 6.07) is 7.05. The molecule has 1 amide bonds. The maximum Gasteiger partial charge on any atom is 0.295 e. The van der Waals surface area contributed by atoms with Gasteiger partial charge in [0.05, 0.1) is 13.2 Å². The van der Waals surface area contributed by atoms with E-state index in [0.29, 0.717) is 31.9 Å². The highest BCUT2D eigenvalue weighted by Gasteiger charge is 2.24. The van der Waals surface area contributed by atoms with E-state index in [1.54, 1.807) is 17.0 Å². The number of aryl methyl sites for hydroxylation is 1. The number of ether oxygens (including phenoxy) is 1. The van der Waals surface area contributed by atoms with Crippen molar-refractivity contribution in [1.29, 1.82) is 0 Å². The Balaban J connectivity index is 2.08. The van der Waals surface area contributed by atoms with Crippen LogP contribution >= 0.6 is 0 Å². The van der Waals surface area contributed by atoms with Gasteiger partial charge in [0.15, 0.2) is 0 Å². The number of carbonyl (C=O) groups is 2. The summed E-state index contributed by atoms with van der Waals surface area (Å²) in [4.78, 5) is 25.4. The lowest BCUT2D eigenvalue weighted by molar-refractivity contribution is -0.130. The SMILES string of the molecule is Cc1ccc(C(=O)C(=O)N2CCOCC2)cc1. The Morgan fingerprint density at radius 1 is 1.12 bits per heavy atom. The lowest BCUT2D eigenvalue weighted by Gasteiger charge is -2.26. The summed E-state index contributed by atoms with van der Waals surface area (Å²) in [7, 11) is 0. The fourth-order valence-electron chi connectivity index (χ4n) is 1.74. The Morgan fingerprint density at radius 3 is 2.29 bits per heavy atom. The van der Waals surface area contributed by atoms with Crippen LogP contribution in [0.25, 0.3) is 0 Å². The van der Waals surface area contributed by atoms with E-state index in [4.69, 9.17) is 4.74 Å². The van der Waals surface area contributed by atoms with Gasteiger partial charge >= 0.3 is 0 Å². The molecule has 1 aliphatic rings. The highest BCUT2D eigenvalue weighted by Crippen LogP contribution is 2.07. The second-order valence-electron chi connectivity index (χ2n) is 4.10. The third-order valence-electron chi connectivity index (χ3n) is 2.81. The second kappa shape index (κ2) is 5.10. The zero-order valence-electron chi connectivity index (χ0n) is 9.81. The number of carbonyl (C=O) groups excluding carboxylic acids is 2. The number of nitrogens with zero attached hydrogens (tertiary/aromatic N) is 1. The Labute approximate surface area is 100 Å². The molecule has 0 N–H and O–H groups in total. The van der Waals surface area contributed by atoms with Crippen LogP contribution < -0.4 is 0 Å². The van der Waals surface area contributed by atoms with Gasteiger partial charge in [0.25, 0.3) is 5.91 Å². The molecule has 1 aromatic rings. The average Bonchev–Trinajstić information content (AvgIpc) is 2.39. The normalized spacial score (nSPS) is 15.7. The van der Waals surface area contributed by atoms with Gasteiger partial charge in [0, 0.05) is 18.7 Å². The lowest BCUT2D eigenvalue weighted by atomic mass is 10.1. The monoisotopic (exact) mass is 233 g/mol. The van der Waals surface area contributed by atoms with Gasteiger partial charge in [-0.05, 0) is 6.92 Å². The van der Waals surface area contributed by atoms with Gasteiger partial charge in [0.1, 0.15) is 0 Å². The highest BCUT2D eigenvalue weighted by atomic mass is 16.5. The zero-order chi connectivity index (χ0) is 12.3. The molecule has 0 saturated carbocycles. The molecule has 90 valence electrons. The molecule has 4 nitrogen and oxygen atoms in total. The third kappa shape index (κ3) is 2.71. The summed E-state index contributed by atoms with van der Waals surface area (Å²) in [6.07, 6.45) is 0. The molecule has 2 rings (SSSR count). The first-order valence-corrected chi connectivity index (χ1v) is 5.66. The van der Waals surface area contributed by atoms with E-state index in [2.05, 4.69) is 0 Å². The number of Topliss-reactive ketones (excluding diaryl/α,β-unsaturated/α-hetero) is 1. The fraction of sp³-hybridized carbons (Fsp3) is 0.385. The van der Waals surface area contributed by atoms with Crippen molar-refractivity contribution in [2.45, 2.75) is 6.92 Å². The molecule has 0 aliphatic carbocycles. The van der Waals surface area contributed by atoms with E-state index in [1.165, 1.54) is 0 Å². The molecule has 0 radical (unpaired) electrons. The molecule has 4 heteroatoms. The molecule has 0 unspecified atom stereocenters. The molecule has 1 aliphatic heterocycles. The minimum Gasteiger partial charge on any atom is -0.378 e. The van der Waals surface area contributed by atoms with Crippen LogP contribution in [0.1, 0.15) is 15.9 Å². The van der Waals surface area contributed by atoms with Crippen molar-refractivity contribution >= 4 is 11.7 Å². The van der Waals surface area contributed by atoms with Crippen LogP contribution in [0.2, 0.25) is 0 Å². The number of benzene rings is 1. The van der Waals surface area contributed by atoms with Crippen molar-refractivity contribution in [3.8, 4) is 0 Å². The Hall–Kier alpha value is -1.68. The summed E-state index contributed by atoms with van der Waals surface area (Å²) >= 11 is 0. The van der Waals surface area contributed by atoms with E-state index < -0.39 is 11.7 Å². The van der Waals surface area contributed by atoms with Gasteiger partial charge < -0.3 is 9.64 Å². The van der Waals surface area contributed by atoms with Crippen molar-refractivity contribution in [1.82, 2.24) is 4.90 Å². The summed E-state index contributed by atoms with van der Waals surface area (Å²) in [5.74, 6) is -0.871. The zero-order valence-corrected chi connectivity index (χ0v) is 9.81. The van der Waals surface area contributed by atoms with Crippen molar-refractivity contribution < 1.29 is 14.3 Å². The molecule has 1 fully saturated rings. The van der Waals surface area contributed by atoms with E-state index >= 15 is 0 Å². The summed E-state index contributed by atoms with van der Waals surface area (Å²) in [5, 5.41) is 0. The van der Waals surface area contributed by atoms with Gasteiger partial charge in [-0.2, -0.15) is 0 Å². The topological polar surface area (TPSA) is 46.6 Å². The van der Waals surface area contributed by atoms with Crippen LogP contribution in [-0.4, -0.2) is 42.9 Å². The molecule has 0 aromatic heterocycles. The number of hydrogen-bond donors (Lipinski definition) is 0. The molecule has 0 bridgehead atoms. The van der Waals surface area contributed by atoms with Crippen molar-refractivity contribution in [3.05, 3.63) is 35.4 Å². The Bertz CT molecular complexity index is 419. The van der Waals surface area contributed by atoms with Crippen LogP contribution in [0.5, 0.6) is 0 Å². The van der Waals surface area contributed by atoms with Crippen LogP contribution in [0.4, 0.5) is 0 Å². The first-order chi connectivity index (χ1) is 8.18. The van der Waals surface area contributed by atoms with Crippen LogP contribution in [-0.2, 0) is 9.53 Å². The third-order valence-corrected chi connectivity index (χ3v) is 2.81. The quantitative estimate of drug-likeness (QED) is 0.566. The smallest absolute Gasteiger partial charge is 0.295 e. The summed E-state index contributed by atoms with van der Waals surface area (Å²) in [6.45, 7) is 3.95. The molecule has 0 atom stereocenters. The lowest BCUT2D eigenvalue weighted by Crippen LogP contribution is -2.44. The molecule has 0 spiro atoms. The molecule has 1 aromatic carbocycles. The number of rotatable bonds is 2. The maximum atomic E-state index is 11.9. The highest BCUT2D eigenvalue weighted by molar-refractivity contribution is 6.42. The fourth-order valence-corrected chi connectivity index (χ4v) is 1.74. The number of ketones is 1. The predicted molar refractivity (Wildman–Crippen MR) is 62.9 cm³/mol. The minimum atomic E-state index is -0.438. The molecule has 1 heterocycles. The second-order valence-corrected chi connectivity index (χ2v) is 4.10. The number of amides is 1. The number of hydrogen-bond acceptors (Lipinski definition) is 3. The van der Waals surface area contributed by atoms with Crippen LogP contribution in [0, 0.1) is 6.92 Å². The van der Waals surface area contributed by atoms with Crippen molar-refractivity contribution in [2.24, 2.45) is 0 Å². The van der Waals surface area contributed by atoms with Crippen molar-refractivity contribution in [2.75, 3.05) is 26.3 Å². The predicted octanol–water partition coefficient (Wildman–Crippen LogP) is 1.04. The van der Waals surface area contributed by atoms with E-state index in [-0.39, 0.29) is 0 Å². The Morgan fingerprint density at radius 2 is 1.71 bits per heavy atom. The van der Waals surface area contributed by atoms with Gasteiger partial charge in [-0.3, -0.25) is 9.59 Å². The molecular weight excluding hydrogens is 218 g/mol. The molecule has 1 saturated heterocycles. The van der Waals surface area contributed by atoms with Crippen molar-refractivity contribution in [3.63, 3.8) is 0 Å². The van der Waals surface area contributed by atoms with E-state index in [0.717, 1.165) is 5.56 Å². The molecule has 17 heavy (non-hydrogen) atoms.